The van der Waals surface area contributed by atoms with E-state index in [9.17, 15) is 32.7 Å². The first-order chi connectivity index (χ1) is 32.3. The Labute approximate surface area is 407 Å². The lowest BCUT2D eigenvalue weighted by molar-refractivity contribution is -0.199. The van der Waals surface area contributed by atoms with Crippen molar-refractivity contribution in [3.63, 3.8) is 0 Å². The van der Waals surface area contributed by atoms with Crippen molar-refractivity contribution in [3.05, 3.63) is 57.6 Å². The van der Waals surface area contributed by atoms with E-state index in [1.807, 2.05) is 20.8 Å². The van der Waals surface area contributed by atoms with Crippen LogP contribution in [0.1, 0.15) is 131 Å². The number of carbonyl (C=O) groups is 4. The van der Waals surface area contributed by atoms with Crippen molar-refractivity contribution in [1.82, 2.24) is 25.6 Å². The van der Waals surface area contributed by atoms with Gasteiger partial charge in [0.15, 0.2) is 0 Å². The molecule has 69 heavy (non-hydrogen) atoms. The number of nitrogens with zero attached hydrogens (tertiary/aromatic N) is 2. The first-order valence-electron chi connectivity index (χ1n) is 24.5. The Morgan fingerprint density at radius 1 is 0.971 bits per heavy atom. The van der Waals surface area contributed by atoms with Gasteiger partial charge in [-0.25, -0.2) is 13.1 Å². The molecule has 3 aliphatic heterocycles. The van der Waals surface area contributed by atoms with Crippen molar-refractivity contribution < 1.29 is 46.7 Å². The van der Waals surface area contributed by atoms with Gasteiger partial charge in [0.05, 0.1) is 34.7 Å². The zero-order chi connectivity index (χ0) is 50.4. The number of β-amino-alcohol motifs (C(OH)–C–C–N with tert-alkyl or cyclic N) is 1. The number of likely N-dealkylation sites (tertiary alicyclic amines) is 1. The Bertz CT molecular complexity index is 2450. The number of unbranched alkanes of at least 4 members (excludes halogenated alkanes) is 1. The van der Waals surface area contributed by atoms with Crippen molar-refractivity contribution in [2.24, 2.45) is 33.7 Å². The number of guanidine groups is 1. The van der Waals surface area contributed by atoms with Crippen molar-refractivity contribution in [3.8, 4) is 5.75 Å². The summed E-state index contributed by atoms with van der Waals surface area (Å²) in [4.78, 5) is 58.0. The van der Waals surface area contributed by atoms with Crippen LogP contribution in [0, 0.1) is 38.0 Å². The molecular weight excluding hydrogens is 903 g/mol. The first-order valence-corrected chi connectivity index (χ1v) is 26.0. The van der Waals surface area contributed by atoms with Gasteiger partial charge in [-0.05, 0) is 145 Å². The number of hydrogen-bond donors (Lipinski definition) is 7. The number of rotatable bonds is 18. The third-order valence-electron chi connectivity index (χ3n) is 15.5. The number of nitrogens with two attached hydrogens (primary N) is 2. The number of amides is 4. The van der Waals surface area contributed by atoms with E-state index in [1.165, 1.54) is 0 Å². The lowest BCUT2D eigenvalue weighted by Crippen LogP contribution is -2.65. The fourth-order valence-corrected chi connectivity index (χ4v) is 12.9. The second kappa shape index (κ2) is 20.2. The van der Waals surface area contributed by atoms with Gasteiger partial charge in [0.1, 0.15) is 17.4 Å². The second-order valence-electron chi connectivity index (χ2n) is 21.4. The molecule has 4 amide bonds. The molecule has 3 aliphatic carbocycles. The normalized spacial score (nSPS) is 26.2. The number of aliphatic hydroxyl groups excluding tert-OH is 1. The molecule has 2 bridgehead atoms. The lowest BCUT2D eigenvalue weighted by atomic mass is 9.43. The van der Waals surface area contributed by atoms with Gasteiger partial charge in [-0.2, -0.15) is 0 Å². The molecule has 0 radical (unpaired) electrons. The largest absolute Gasteiger partial charge is 0.487 e. The van der Waals surface area contributed by atoms with E-state index in [4.69, 9.17) is 25.5 Å². The van der Waals surface area contributed by atoms with Crippen LogP contribution in [0.25, 0.3) is 0 Å². The summed E-state index contributed by atoms with van der Waals surface area (Å²) < 4.78 is 48.5. The van der Waals surface area contributed by atoms with Crippen LogP contribution in [-0.4, -0.2) is 116 Å². The molecular formula is C49H73BN8O10S. The van der Waals surface area contributed by atoms with Crippen LogP contribution in [-0.2, 0) is 46.7 Å². The molecule has 3 heterocycles. The third kappa shape index (κ3) is 10.9. The molecule has 1 unspecified atom stereocenters. The van der Waals surface area contributed by atoms with E-state index in [-0.39, 0.29) is 66.2 Å². The first kappa shape index (κ1) is 52.1. The maximum Gasteiger partial charge on any atom is 0.482 e. The molecule has 2 saturated heterocycles. The fraction of sp³-hybridized carbons (Fsp3) is 0.653. The van der Waals surface area contributed by atoms with E-state index in [2.05, 4.69) is 46.4 Å². The van der Waals surface area contributed by atoms with Gasteiger partial charge in [-0.3, -0.25) is 24.2 Å². The number of ether oxygens (including phenoxy) is 1. The molecule has 8 atom stereocenters. The molecule has 2 aromatic carbocycles. The van der Waals surface area contributed by atoms with Crippen LogP contribution < -0.4 is 36.9 Å². The number of sulfonamides is 1. The van der Waals surface area contributed by atoms with Crippen molar-refractivity contribution >= 4 is 46.7 Å². The number of aliphatic imine (C=N–C) groups is 1. The summed E-state index contributed by atoms with van der Waals surface area (Å²) in [5, 5.41) is 19.1. The number of carbonyl (C=O) groups excluding carboxylic acids is 4. The smallest absolute Gasteiger partial charge is 0.482 e. The number of hydrogen-bond acceptors (Lipinski definition) is 12. The molecule has 378 valence electrons. The van der Waals surface area contributed by atoms with Crippen LogP contribution in [0.5, 0.6) is 5.75 Å². The minimum absolute atomic E-state index is 0.0492. The summed E-state index contributed by atoms with van der Waals surface area (Å²) in [5.74, 6) is -0.257. The van der Waals surface area contributed by atoms with Gasteiger partial charge in [-0.15, -0.1) is 0 Å². The molecule has 8 rings (SSSR count). The van der Waals surface area contributed by atoms with Gasteiger partial charge in [0.25, 0.3) is 15.9 Å². The van der Waals surface area contributed by atoms with Gasteiger partial charge >= 0.3 is 7.12 Å². The monoisotopic (exact) mass is 977 g/mol. The van der Waals surface area contributed by atoms with Gasteiger partial charge in [0, 0.05) is 50.1 Å². The molecule has 6 aliphatic rings. The zero-order valence-electron chi connectivity index (χ0n) is 41.7. The highest BCUT2D eigenvalue weighted by atomic mass is 32.2. The van der Waals surface area contributed by atoms with Crippen molar-refractivity contribution in [2.75, 3.05) is 19.6 Å². The summed E-state index contributed by atoms with van der Waals surface area (Å²) in [5.41, 5.74) is 15.4. The summed E-state index contributed by atoms with van der Waals surface area (Å²) in [6.07, 6.45) is 4.24. The summed E-state index contributed by atoms with van der Waals surface area (Å²) in [6, 6.07) is 5.11. The van der Waals surface area contributed by atoms with Crippen molar-refractivity contribution in [2.45, 2.75) is 173 Å². The number of aliphatic hydroxyl groups is 1. The Kier molecular flexibility index (Phi) is 15.2. The predicted octanol–water partition coefficient (Wildman–Crippen LogP) is 2.98. The van der Waals surface area contributed by atoms with Crippen LogP contribution in [0.3, 0.4) is 0 Å². The van der Waals surface area contributed by atoms with E-state index < -0.39 is 58.4 Å². The van der Waals surface area contributed by atoms with Gasteiger partial charge in [0.2, 0.25) is 23.7 Å². The maximum atomic E-state index is 13.7. The molecule has 9 N–H and O–H groups in total. The quantitative estimate of drug-likeness (QED) is 0.0492. The molecule has 0 aromatic heterocycles. The third-order valence-corrected chi connectivity index (χ3v) is 17.2. The average Bonchev–Trinajstić information content (AvgIpc) is 3.96. The van der Waals surface area contributed by atoms with Crippen LogP contribution in [0.4, 0.5) is 0 Å². The Balaban J connectivity index is 0.760. The zero-order valence-corrected chi connectivity index (χ0v) is 42.5. The molecule has 18 nitrogen and oxygen atoms in total. The minimum atomic E-state index is -4.03. The van der Waals surface area contributed by atoms with Crippen molar-refractivity contribution in [1.29, 1.82) is 0 Å². The van der Waals surface area contributed by atoms with Crippen LogP contribution in [0.2, 0.25) is 0 Å². The molecule has 5 fully saturated rings. The maximum absolute atomic E-state index is 13.7. The predicted molar refractivity (Wildman–Crippen MR) is 261 cm³/mol. The Morgan fingerprint density at radius 3 is 2.38 bits per heavy atom. The number of benzene rings is 2. The standard InChI is InChI=1S/C49H73BN8O10S/c1-27-28(2)42(29(3)35-24-47(5,6)66-41(27)35)69(64,65)57-46(52)54-20-12-13-36(51)44(62)53-19-11-10-14-40(60)55-25-31-15-17-32(18-16-31)43(61)56-30(4)45(63)58-26-34(59)23-39(58)50-67-38-22-33-21-37(48(33,7)8)49(38,9)68-50/h15-18,30,33-34,36-39,59H,10-14,19-26,51H2,1-9H3,(H,53,62)(H,55,60)(H,56,61)(H3,52,54,57)/t30-,33+,34-,36+,37+,38?,39+,49+/m1/s1. The SMILES string of the molecule is Cc1c(C)c(S(=O)(=O)NC(N)=NCCC[C@H](N)C(=O)NCCCCC(=O)NCc2ccc(C(=O)N[C@H](C)C(=O)N3C[C@H](O)C[C@H]3B3OC4C[C@@H]5C[C@@H](C5(C)C)[C@]4(C)O3)cc2)c(C)c2c1OC(C)(C)C2. The topological polar surface area (TPSA) is 266 Å². The summed E-state index contributed by atoms with van der Waals surface area (Å²) in [7, 11) is -4.68. The van der Waals surface area contributed by atoms with Gasteiger partial charge in [-0.1, -0.05) is 26.0 Å². The minimum Gasteiger partial charge on any atom is -0.487 e. The molecule has 20 heteroatoms. The Morgan fingerprint density at radius 2 is 1.68 bits per heavy atom. The highest BCUT2D eigenvalue weighted by molar-refractivity contribution is 7.90. The molecule has 0 spiro atoms. The summed E-state index contributed by atoms with van der Waals surface area (Å²) >= 11 is 0. The fourth-order valence-electron chi connectivity index (χ4n) is 11.3. The van der Waals surface area contributed by atoms with E-state index in [1.54, 1.807) is 49.9 Å². The van der Waals surface area contributed by atoms with Crippen LogP contribution in [0.15, 0.2) is 34.2 Å². The highest BCUT2D eigenvalue weighted by Crippen LogP contribution is 2.66. The summed E-state index contributed by atoms with van der Waals surface area (Å²) in [6.45, 7) is 18.5. The van der Waals surface area contributed by atoms with E-state index >= 15 is 0 Å². The molecule has 2 aromatic rings. The average molecular weight is 977 g/mol. The second-order valence-corrected chi connectivity index (χ2v) is 23.0. The number of nitrogens with one attached hydrogen (secondary N) is 4. The van der Waals surface area contributed by atoms with Crippen LogP contribution >= 0.6 is 0 Å². The Hall–Kier alpha value is -4.76. The lowest BCUT2D eigenvalue weighted by Gasteiger charge is -2.64. The molecule has 3 saturated carbocycles. The van der Waals surface area contributed by atoms with E-state index in [0.29, 0.717) is 73.6 Å². The highest BCUT2D eigenvalue weighted by Gasteiger charge is 2.69. The number of fused-ring (bicyclic) bond motifs is 1. The van der Waals surface area contributed by atoms with E-state index in [0.717, 1.165) is 35.3 Å². The van der Waals surface area contributed by atoms with Gasteiger partial charge < -0.3 is 51.5 Å².